The number of nitrogens with one attached hydrogen (secondary N) is 1. The number of thiophene rings is 1. The molecule has 0 saturated carbocycles. The van der Waals surface area contributed by atoms with Crippen molar-refractivity contribution >= 4 is 45.9 Å². The number of benzene rings is 1. The Kier molecular flexibility index (Phi) is 7.21. The Morgan fingerprint density at radius 2 is 1.86 bits per heavy atom. The smallest absolute Gasteiger partial charge is 0.348 e. The molecule has 0 aliphatic rings. The summed E-state index contributed by atoms with van der Waals surface area (Å²) in [5, 5.41) is 13.4. The molecule has 1 aromatic carbocycles. The van der Waals surface area contributed by atoms with Crippen LogP contribution in [0.1, 0.15) is 38.1 Å². The molecule has 1 heterocycles. The molecule has 152 valence electrons. The summed E-state index contributed by atoms with van der Waals surface area (Å²) in [6.45, 7) is 3.35. The lowest BCUT2D eigenvalue weighted by molar-refractivity contribution is -0.384. The van der Waals surface area contributed by atoms with Crippen molar-refractivity contribution < 1.29 is 28.8 Å². The van der Waals surface area contributed by atoms with E-state index in [4.69, 9.17) is 9.47 Å². The summed E-state index contributed by atoms with van der Waals surface area (Å²) in [5.41, 5.74) is 0.966. The molecule has 0 atom stereocenters. The van der Waals surface area contributed by atoms with Gasteiger partial charge in [0, 0.05) is 18.2 Å². The van der Waals surface area contributed by atoms with Crippen LogP contribution in [0.3, 0.4) is 0 Å². The Hall–Kier alpha value is -3.53. The van der Waals surface area contributed by atoms with Crippen LogP contribution in [0, 0.1) is 17.0 Å². The van der Waals surface area contributed by atoms with Crippen LogP contribution in [0.4, 0.5) is 10.7 Å². The fourth-order valence-electron chi connectivity index (χ4n) is 2.37. The third kappa shape index (κ3) is 5.26. The summed E-state index contributed by atoms with van der Waals surface area (Å²) >= 11 is 0.912. The third-order valence-corrected chi connectivity index (χ3v) is 4.95. The number of nitro benzene ring substituents is 1. The number of nitro groups is 1. The van der Waals surface area contributed by atoms with Gasteiger partial charge in [-0.05, 0) is 43.2 Å². The van der Waals surface area contributed by atoms with Crippen molar-refractivity contribution in [2.24, 2.45) is 0 Å². The number of carbonyl (C=O) groups excluding carboxylic acids is 3. The Balaban J connectivity index is 2.25. The number of hydrogen-bond donors (Lipinski definition) is 1. The van der Waals surface area contributed by atoms with Crippen molar-refractivity contribution in [3.8, 4) is 0 Å². The fourth-order valence-corrected chi connectivity index (χ4v) is 3.49. The highest BCUT2D eigenvalue weighted by atomic mass is 32.1. The Bertz CT molecular complexity index is 977. The molecule has 0 radical (unpaired) electrons. The summed E-state index contributed by atoms with van der Waals surface area (Å²) in [4.78, 5) is 46.8. The number of amides is 1. The van der Waals surface area contributed by atoms with Crippen LogP contribution in [0.15, 0.2) is 30.3 Å². The molecule has 0 saturated heterocycles. The van der Waals surface area contributed by atoms with Crippen molar-refractivity contribution in [2.75, 3.05) is 19.0 Å². The van der Waals surface area contributed by atoms with E-state index in [0.29, 0.717) is 11.1 Å². The van der Waals surface area contributed by atoms with Crippen LogP contribution in [-0.2, 0) is 14.3 Å². The highest BCUT2D eigenvalue weighted by Crippen LogP contribution is 2.34. The van der Waals surface area contributed by atoms with Gasteiger partial charge in [0.25, 0.3) is 5.69 Å². The van der Waals surface area contributed by atoms with Crippen LogP contribution < -0.4 is 5.32 Å². The first-order valence-corrected chi connectivity index (χ1v) is 9.22. The average Bonchev–Trinajstić information content (AvgIpc) is 3.02. The predicted molar refractivity (Wildman–Crippen MR) is 107 cm³/mol. The van der Waals surface area contributed by atoms with Crippen molar-refractivity contribution in [1.29, 1.82) is 0 Å². The van der Waals surface area contributed by atoms with E-state index >= 15 is 0 Å². The lowest BCUT2D eigenvalue weighted by atomic mass is 10.1. The van der Waals surface area contributed by atoms with E-state index in [1.54, 1.807) is 13.8 Å². The number of methoxy groups -OCH3 is 1. The average molecular weight is 418 g/mol. The van der Waals surface area contributed by atoms with Gasteiger partial charge < -0.3 is 14.8 Å². The van der Waals surface area contributed by atoms with E-state index in [0.717, 1.165) is 11.3 Å². The van der Waals surface area contributed by atoms with Crippen LogP contribution in [0.25, 0.3) is 6.08 Å². The minimum atomic E-state index is -0.661. The number of esters is 2. The number of nitrogens with zero attached hydrogens (tertiary/aromatic N) is 1. The van der Waals surface area contributed by atoms with Crippen LogP contribution in [0.5, 0.6) is 0 Å². The lowest BCUT2D eigenvalue weighted by Crippen LogP contribution is -2.12. The molecule has 1 N–H and O–H groups in total. The number of ether oxygens (including phenoxy) is 2. The van der Waals surface area contributed by atoms with Crippen LogP contribution in [0.2, 0.25) is 0 Å². The first kappa shape index (κ1) is 21.8. The molecule has 0 unspecified atom stereocenters. The van der Waals surface area contributed by atoms with E-state index in [-0.39, 0.29) is 27.7 Å². The Morgan fingerprint density at radius 1 is 1.21 bits per heavy atom. The third-order valence-electron chi connectivity index (χ3n) is 3.76. The van der Waals surface area contributed by atoms with Gasteiger partial charge in [0.2, 0.25) is 5.91 Å². The maximum atomic E-state index is 12.3. The highest BCUT2D eigenvalue weighted by Gasteiger charge is 2.26. The van der Waals surface area contributed by atoms with Crippen LogP contribution >= 0.6 is 11.3 Å². The summed E-state index contributed by atoms with van der Waals surface area (Å²) in [6.07, 6.45) is 2.67. The molecule has 10 heteroatoms. The zero-order valence-electron chi connectivity index (χ0n) is 15.9. The molecule has 0 bridgehead atoms. The van der Waals surface area contributed by atoms with E-state index in [9.17, 15) is 24.5 Å². The van der Waals surface area contributed by atoms with Crippen molar-refractivity contribution in [3.05, 3.63) is 62.0 Å². The first-order valence-electron chi connectivity index (χ1n) is 8.40. The standard InChI is InChI=1S/C19H18N2O7S/c1-4-28-18(23)15-11(2)16(19(24)27-3)29-17(15)20-14(22)10-7-12-5-8-13(9-6-12)21(25)26/h5-10H,4H2,1-3H3,(H,20,22)/b10-7+. The van der Waals surface area contributed by atoms with E-state index in [1.807, 2.05) is 0 Å². The number of carbonyl (C=O) groups is 3. The minimum Gasteiger partial charge on any atom is -0.465 e. The van der Waals surface area contributed by atoms with Gasteiger partial charge in [0.15, 0.2) is 0 Å². The van der Waals surface area contributed by atoms with Gasteiger partial charge in [0.05, 0.1) is 24.2 Å². The molecule has 0 fully saturated rings. The monoisotopic (exact) mass is 418 g/mol. The van der Waals surface area contributed by atoms with E-state index in [1.165, 1.54) is 43.5 Å². The van der Waals surface area contributed by atoms with Gasteiger partial charge in [-0.15, -0.1) is 11.3 Å². The first-order chi connectivity index (χ1) is 13.8. The summed E-state index contributed by atoms with van der Waals surface area (Å²) in [5.74, 6) is -1.84. The highest BCUT2D eigenvalue weighted by molar-refractivity contribution is 7.18. The van der Waals surface area contributed by atoms with Gasteiger partial charge >= 0.3 is 11.9 Å². The van der Waals surface area contributed by atoms with Crippen LogP contribution in [-0.4, -0.2) is 36.5 Å². The quantitative estimate of drug-likeness (QED) is 0.315. The van der Waals surface area contributed by atoms with Gasteiger partial charge in [-0.3, -0.25) is 14.9 Å². The molecule has 9 nitrogen and oxygen atoms in total. The number of rotatable bonds is 7. The molecule has 2 rings (SSSR count). The largest absolute Gasteiger partial charge is 0.465 e. The molecule has 0 aliphatic heterocycles. The summed E-state index contributed by atoms with van der Waals surface area (Å²) < 4.78 is 9.72. The molecular formula is C19H18N2O7S. The fraction of sp³-hybridized carbons (Fsp3) is 0.211. The minimum absolute atomic E-state index is 0.0601. The second-order valence-electron chi connectivity index (χ2n) is 5.64. The summed E-state index contributed by atoms with van der Waals surface area (Å²) in [7, 11) is 1.22. The zero-order valence-corrected chi connectivity index (χ0v) is 16.7. The number of hydrogen-bond acceptors (Lipinski definition) is 8. The van der Waals surface area contributed by atoms with Crippen molar-refractivity contribution in [3.63, 3.8) is 0 Å². The van der Waals surface area contributed by atoms with E-state index in [2.05, 4.69) is 5.32 Å². The van der Waals surface area contributed by atoms with Crippen molar-refractivity contribution in [1.82, 2.24) is 0 Å². The van der Waals surface area contributed by atoms with Gasteiger partial charge in [-0.25, -0.2) is 9.59 Å². The molecule has 29 heavy (non-hydrogen) atoms. The number of anilines is 1. The van der Waals surface area contributed by atoms with Gasteiger partial charge in [0.1, 0.15) is 9.88 Å². The normalized spacial score (nSPS) is 10.6. The maximum Gasteiger partial charge on any atom is 0.348 e. The molecule has 0 aliphatic carbocycles. The second kappa shape index (κ2) is 9.60. The van der Waals surface area contributed by atoms with Gasteiger partial charge in [-0.1, -0.05) is 0 Å². The van der Waals surface area contributed by atoms with Crippen molar-refractivity contribution in [2.45, 2.75) is 13.8 Å². The van der Waals surface area contributed by atoms with E-state index < -0.39 is 22.8 Å². The molecular weight excluding hydrogens is 400 g/mol. The summed E-state index contributed by atoms with van der Waals surface area (Å²) in [6, 6.07) is 5.64. The predicted octanol–water partition coefficient (Wildman–Crippen LogP) is 3.58. The number of non-ortho nitro benzene ring substituents is 1. The lowest BCUT2D eigenvalue weighted by Gasteiger charge is -2.05. The topological polar surface area (TPSA) is 125 Å². The second-order valence-corrected chi connectivity index (χ2v) is 6.66. The SMILES string of the molecule is CCOC(=O)c1c(NC(=O)/C=C/c2ccc([N+](=O)[O-])cc2)sc(C(=O)OC)c1C. The maximum absolute atomic E-state index is 12.3. The Labute approximate surface area is 170 Å². The zero-order chi connectivity index (χ0) is 21.6. The molecule has 2 aromatic rings. The molecule has 1 amide bonds. The Morgan fingerprint density at radius 3 is 2.41 bits per heavy atom. The molecule has 0 spiro atoms. The molecule has 1 aromatic heterocycles. The van der Waals surface area contributed by atoms with Gasteiger partial charge in [-0.2, -0.15) is 0 Å².